The molecule has 0 aromatic heterocycles. The molecule has 0 saturated heterocycles. The summed E-state index contributed by atoms with van der Waals surface area (Å²) in [5, 5.41) is 2.61. The highest BCUT2D eigenvalue weighted by molar-refractivity contribution is 9.10. The van der Waals surface area contributed by atoms with Crippen molar-refractivity contribution in [2.75, 3.05) is 6.54 Å². The Hall–Kier alpha value is -0.610. The molecule has 5 heteroatoms. The molecule has 1 unspecified atom stereocenters. The number of carbonyl (C=O) groups excluding carboxylic acids is 1. The first kappa shape index (κ1) is 12.8. The minimum atomic E-state index is -0.533. The first-order valence-electron chi connectivity index (χ1n) is 5.46. The van der Waals surface area contributed by atoms with Crippen molar-refractivity contribution in [3.05, 3.63) is 34.1 Å². The van der Waals surface area contributed by atoms with Crippen LogP contribution in [0.2, 0.25) is 0 Å². The predicted molar refractivity (Wildman–Crippen MR) is 68.8 cm³/mol. The lowest BCUT2D eigenvalue weighted by molar-refractivity contribution is 0.0948. The van der Waals surface area contributed by atoms with E-state index in [2.05, 4.69) is 21.2 Å². The van der Waals surface area contributed by atoms with Gasteiger partial charge in [0.15, 0.2) is 0 Å². The van der Waals surface area contributed by atoms with E-state index in [1.54, 1.807) is 12.1 Å². The minimum Gasteiger partial charge on any atom is -0.350 e. The molecule has 1 aromatic rings. The van der Waals surface area contributed by atoms with E-state index in [0.717, 1.165) is 12.8 Å². The number of rotatable bonds is 4. The second-order valence-corrected chi connectivity index (χ2v) is 5.58. The van der Waals surface area contributed by atoms with Crippen molar-refractivity contribution in [3.8, 4) is 0 Å². The smallest absolute Gasteiger partial charge is 0.255 e. The van der Waals surface area contributed by atoms with Gasteiger partial charge in [0.25, 0.3) is 5.91 Å². The van der Waals surface area contributed by atoms with Crippen LogP contribution in [0.1, 0.15) is 23.2 Å². The maximum Gasteiger partial charge on any atom is 0.255 e. The van der Waals surface area contributed by atoms with E-state index >= 15 is 0 Å². The van der Waals surface area contributed by atoms with E-state index in [4.69, 9.17) is 11.6 Å². The lowest BCUT2D eigenvalue weighted by Crippen LogP contribution is -2.31. The van der Waals surface area contributed by atoms with E-state index in [0.29, 0.717) is 16.9 Å². The molecule has 1 amide bonds. The third-order valence-corrected chi connectivity index (χ3v) is 3.95. The molecule has 1 aromatic carbocycles. The van der Waals surface area contributed by atoms with Crippen molar-refractivity contribution < 1.29 is 9.18 Å². The molecular weight excluding hydrogens is 308 g/mol. The van der Waals surface area contributed by atoms with Crippen LogP contribution in [0, 0.1) is 11.7 Å². The normalized spacial score (nSPS) is 16.6. The molecule has 17 heavy (non-hydrogen) atoms. The molecule has 92 valence electrons. The summed E-state index contributed by atoms with van der Waals surface area (Å²) >= 11 is 9.23. The van der Waals surface area contributed by atoms with Crippen LogP contribution in [-0.2, 0) is 0 Å². The summed E-state index contributed by atoms with van der Waals surface area (Å²) < 4.78 is 13.9. The third-order valence-electron chi connectivity index (χ3n) is 2.78. The van der Waals surface area contributed by atoms with Gasteiger partial charge >= 0.3 is 0 Å². The first-order valence-corrected chi connectivity index (χ1v) is 6.69. The quantitative estimate of drug-likeness (QED) is 0.847. The molecule has 0 spiro atoms. The van der Waals surface area contributed by atoms with Crippen molar-refractivity contribution >= 4 is 33.4 Å². The van der Waals surface area contributed by atoms with Gasteiger partial charge in [0, 0.05) is 11.0 Å². The molecule has 0 bridgehead atoms. The van der Waals surface area contributed by atoms with Crippen molar-refractivity contribution in [3.63, 3.8) is 0 Å². The first-order chi connectivity index (χ1) is 8.09. The fourth-order valence-corrected chi connectivity index (χ4v) is 2.47. The van der Waals surface area contributed by atoms with Crippen molar-refractivity contribution in [1.82, 2.24) is 5.32 Å². The molecule has 1 aliphatic rings. The fraction of sp³-hybridized carbons (Fsp3) is 0.417. The Bertz CT molecular complexity index is 416. The van der Waals surface area contributed by atoms with Gasteiger partial charge in [-0.15, -0.1) is 11.6 Å². The number of amides is 1. The summed E-state index contributed by atoms with van der Waals surface area (Å²) in [6.45, 7) is 0.381. The molecular formula is C12H12BrClFNO. The summed E-state index contributed by atoms with van der Waals surface area (Å²) in [6.07, 6.45) is 2.24. The minimum absolute atomic E-state index is 0.0344. The zero-order valence-corrected chi connectivity index (χ0v) is 11.4. The van der Waals surface area contributed by atoms with Crippen LogP contribution in [0.4, 0.5) is 4.39 Å². The fourth-order valence-electron chi connectivity index (χ4n) is 1.62. The number of hydrogen-bond donors (Lipinski definition) is 1. The molecule has 0 aliphatic heterocycles. The van der Waals surface area contributed by atoms with E-state index < -0.39 is 11.7 Å². The van der Waals surface area contributed by atoms with Crippen molar-refractivity contribution in [2.45, 2.75) is 18.2 Å². The van der Waals surface area contributed by atoms with Gasteiger partial charge < -0.3 is 5.32 Å². The number of alkyl halides is 1. The van der Waals surface area contributed by atoms with Gasteiger partial charge in [-0.1, -0.05) is 6.07 Å². The Morgan fingerprint density at radius 1 is 1.59 bits per heavy atom. The topological polar surface area (TPSA) is 29.1 Å². The van der Waals surface area contributed by atoms with E-state index in [1.165, 1.54) is 6.07 Å². The standard InChI is InChI=1S/C12H12BrClFNO/c13-8-2-1-3-10(15)11(8)12(17)16-6-9(14)7-4-5-7/h1-3,7,9H,4-6H2,(H,16,17). The maximum atomic E-state index is 13.5. The SMILES string of the molecule is O=C(NCC(Cl)C1CC1)c1c(F)cccc1Br. The van der Waals surface area contributed by atoms with Crippen LogP contribution in [0.5, 0.6) is 0 Å². The average molecular weight is 321 g/mol. The number of nitrogens with one attached hydrogen (secondary N) is 1. The van der Waals surface area contributed by atoms with Crippen LogP contribution in [0.3, 0.4) is 0 Å². The van der Waals surface area contributed by atoms with Gasteiger partial charge in [-0.2, -0.15) is 0 Å². The van der Waals surface area contributed by atoms with E-state index in [-0.39, 0.29) is 10.9 Å². The summed E-state index contributed by atoms with van der Waals surface area (Å²) in [5.41, 5.74) is 0.0344. The molecule has 1 fully saturated rings. The summed E-state index contributed by atoms with van der Waals surface area (Å²) in [6, 6.07) is 4.44. The predicted octanol–water partition coefficient (Wildman–Crippen LogP) is 3.34. The Balaban J connectivity index is 1.99. The molecule has 1 aliphatic carbocycles. The van der Waals surface area contributed by atoms with Crippen LogP contribution >= 0.6 is 27.5 Å². The second kappa shape index (κ2) is 5.36. The van der Waals surface area contributed by atoms with Gasteiger partial charge in [0.05, 0.1) is 10.9 Å². The summed E-state index contributed by atoms with van der Waals surface area (Å²) in [5.74, 6) is -0.461. The Morgan fingerprint density at radius 3 is 2.88 bits per heavy atom. The highest BCUT2D eigenvalue weighted by Gasteiger charge is 2.30. The van der Waals surface area contributed by atoms with Gasteiger partial charge in [-0.3, -0.25) is 4.79 Å². The van der Waals surface area contributed by atoms with Crippen molar-refractivity contribution in [2.24, 2.45) is 5.92 Å². The lowest BCUT2D eigenvalue weighted by atomic mass is 10.2. The second-order valence-electron chi connectivity index (χ2n) is 4.16. The van der Waals surface area contributed by atoms with Crippen LogP contribution < -0.4 is 5.32 Å². The highest BCUT2D eigenvalue weighted by atomic mass is 79.9. The van der Waals surface area contributed by atoms with E-state index in [1.807, 2.05) is 0 Å². The van der Waals surface area contributed by atoms with Crippen LogP contribution in [0.15, 0.2) is 22.7 Å². The number of carbonyl (C=O) groups is 1. The largest absolute Gasteiger partial charge is 0.350 e. The van der Waals surface area contributed by atoms with E-state index in [9.17, 15) is 9.18 Å². The Labute approximate surface area is 113 Å². The third kappa shape index (κ3) is 3.19. The molecule has 0 heterocycles. The lowest BCUT2D eigenvalue weighted by Gasteiger charge is -2.11. The van der Waals surface area contributed by atoms with Gasteiger partial charge in [0.1, 0.15) is 5.82 Å². The monoisotopic (exact) mass is 319 g/mol. The molecule has 2 rings (SSSR count). The molecule has 1 N–H and O–H groups in total. The number of benzene rings is 1. The van der Waals surface area contributed by atoms with Crippen molar-refractivity contribution in [1.29, 1.82) is 0 Å². The average Bonchev–Trinajstić information content (AvgIpc) is 3.09. The van der Waals surface area contributed by atoms with Gasteiger partial charge in [0.2, 0.25) is 0 Å². The summed E-state index contributed by atoms with van der Waals surface area (Å²) in [4.78, 5) is 11.8. The molecule has 2 nitrogen and oxygen atoms in total. The maximum absolute atomic E-state index is 13.5. The molecule has 1 saturated carbocycles. The zero-order valence-electron chi connectivity index (χ0n) is 9.05. The number of hydrogen-bond acceptors (Lipinski definition) is 1. The van der Waals surface area contributed by atoms with Gasteiger partial charge in [-0.05, 0) is 46.8 Å². The Morgan fingerprint density at radius 2 is 2.29 bits per heavy atom. The Kier molecular flexibility index (Phi) is 4.05. The molecule has 0 radical (unpaired) electrons. The highest BCUT2D eigenvalue weighted by Crippen LogP contribution is 2.35. The van der Waals surface area contributed by atoms with Crippen LogP contribution in [0.25, 0.3) is 0 Å². The summed E-state index contributed by atoms with van der Waals surface area (Å²) in [7, 11) is 0. The van der Waals surface area contributed by atoms with Gasteiger partial charge in [-0.25, -0.2) is 4.39 Å². The number of halogens is 3. The zero-order chi connectivity index (χ0) is 12.4. The molecule has 1 atom stereocenters. The van der Waals surface area contributed by atoms with Crippen LogP contribution in [-0.4, -0.2) is 17.8 Å².